The van der Waals surface area contributed by atoms with Crippen LogP contribution < -0.4 is 0 Å². The van der Waals surface area contributed by atoms with Gasteiger partial charge in [0.15, 0.2) is 24.6 Å². The first-order chi connectivity index (χ1) is 26.0. The Morgan fingerprint density at radius 2 is 1.30 bits per heavy atom. The molecule has 1 aliphatic heterocycles. The minimum absolute atomic E-state index is 0.00258. The largest absolute Gasteiger partial charge is 0.481 e. The van der Waals surface area contributed by atoms with Crippen molar-refractivity contribution in [3.8, 4) is 0 Å². The lowest BCUT2D eigenvalue weighted by Gasteiger charge is -2.73. The Balaban J connectivity index is 1.29. The van der Waals surface area contributed by atoms with Crippen LogP contribution in [0.3, 0.4) is 0 Å². The van der Waals surface area contributed by atoms with Crippen molar-refractivity contribution in [2.24, 2.45) is 56.7 Å². The SMILES string of the molecule is C=C(C)[C@@H]1CC[C@]2(C(=O)O)CC[C@]3(C)[C@H](CC[C@@H]4[C@@]5(C)CC[C@@H](O[C@@H]6O[C@H](COC(C)=O)[C@@H](OC(C)=O)[C@H](OC(C)=O)[C@H]6OC(C)=O)C(C)(C)[C@@H]5CC[C@]43C)[C@@H]12. The molecule has 15 atom stereocenters. The van der Waals surface area contributed by atoms with E-state index in [0.29, 0.717) is 18.3 Å². The van der Waals surface area contributed by atoms with Crippen molar-refractivity contribution in [3.63, 3.8) is 0 Å². The number of hydrogen-bond donors (Lipinski definition) is 1. The van der Waals surface area contributed by atoms with Gasteiger partial charge in [-0.25, -0.2) is 0 Å². The molecule has 6 rings (SSSR count). The van der Waals surface area contributed by atoms with Gasteiger partial charge in [0.05, 0.1) is 11.5 Å². The number of ether oxygens (including phenoxy) is 6. The minimum Gasteiger partial charge on any atom is -0.481 e. The standard InChI is InChI=1S/C44H66O12/c1-23(2)28-14-19-44(39(49)50)21-20-42(10)29(34(28)44)12-13-32-41(9)17-16-33(40(7,8)31(41)15-18-43(32,42)11)56-38-37(54-27(6)48)36(53-26(5)47)35(52-25(4)46)30(55-38)22-51-24(3)45/h28-38H,1,12-22H2,2-11H3,(H,49,50)/t28-,29+,30+,31-,32+,33+,34+,35+,36-,37+,38-,41-,42+,43+,44-/m0/s1. The Kier molecular flexibility index (Phi) is 11.4. The molecule has 6 fully saturated rings. The number of aliphatic carboxylic acids is 1. The van der Waals surface area contributed by atoms with Crippen molar-refractivity contribution < 1.29 is 57.5 Å². The summed E-state index contributed by atoms with van der Waals surface area (Å²) in [5.74, 6) is -1.84. The maximum atomic E-state index is 13.1. The van der Waals surface area contributed by atoms with E-state index in [4.69, 9.17) is 28.4 Å². The smallest absolute Gasteiger partial charge is 0.309 e. The summed E-state index contributed by atoms with van der Waals surface area (Å²) in [4.78, 5) is 62.2. The summed E-state index contributed by atoms with van der Waals surface area (Å²) in [6, 6.07) is 0. The Bertz CT molecular complexity index is 1610. The topological polar surface area (TPSA) is 161 Å². The molecule has 12 heteroatoms. The van der Waals surface area contributed by atoms with Crippen LogP contribution in [0.15, 0.2) is 12.2 Å². The summed E-state index contributed by atoms with van der Waals surface area (Å²) < 4.78 is 35.6. The lowest BCUT2D eigenvalue weighted by atomic mass is 9.32. The Morgan fingerprint density at radius 3 is 1.89 bits per heavy atom. The zero-order valence-electron chi connectivity index (χ0n) is 35.3. The summed E-state index contributed by atoms with van der Waals surface area (Å²) in [5, 5.41) is 10.8. The normalized spacial score (nSPS) is 45.1. The molecule has 0 spiro atoms. The molecule has 12 nitrogen and oxygen atoms in total. The monoisotopic (exact) mass is 786 g/mol. The molecule has 0 aromatic heterocycles. The quantitative estimate of drug-likeness (QED) is 0.109. The Labute approximate surface area is 332 Å². The average Bonchev–Trinajstić information content (AvgIpc) is 3.49. The zero-order valence-corrected chi connectivity index (χ0v) is 35.3. The van der Waals surface area contributed by atoms with Crippen LogP contribution >= 0.6 is 0 Å². The lowest BCUT2D eigenvalue weighted by molar-refractivity contribution is -0.334. The Hall–Kier alpha value is -2.99. The summed E-state index contributed by atoms with van der Waals surface area (Å²) in [5.41, 5.74) is 0.102. The molecule has 0 radical (unpaired) electrons. The molecule has 1 heterocycles. The van der Waals surface area contributed by atoms with Gasteiger partial charge >= 0.3 is 29.8 Å². The van der Waals surface area contributed by atoms with Crippen LogP contribution in [-0.4, -0.2) is 78.4 Å². The van der Waals surface area contributed by atoms with E-state index in [9.17, 15) is 29.1 Å². The van der Waals surface area contributed by atoms with Crippen LogP contribution in [0.25, 0.3) is 0 Å². The third-order valence-electron chi connectivity index (χ3n) is 16.7. The predicted molar refractivity (Wildman–Crippen MR) is 203 cm³/mol. The predicted octanol–water partition coefficient (Wildman–Crippen LogP) is 7.20. The summed E-state index contributed by atoms with van der Waals surface area (Å²) in [7, 11) is 0. The average molecular weight is 787 g/mol. The molecule has 1 saturated heterocycles. The van der Waals surface area contributed by atoms with E-state index in [-0.39, 0.29) is 52.1 Å². The van der Waals surface area contributed by atoms with E-state index in [1.807, 2.05) is 0 Å². The number of carbonyl (C=O) groups is 5. The third kappa shape index (κ3) is 6.80. The first kappa shape index (κ1) is 42.6. The van der Waals surface area contributed by atoms with Gasteiger partial charge in [-0.15, -0.1) is 0 Å². The molecule has 0 aromatic carbocycles. The van der Waals surface area contributed by atoms with Crippen LogP contribution in [0.1, 0.15) is 133 Å². The fraction of sp³-hybridized carbons (Fsp3) is 0.841. The molecule has 0 aromatic rings. The molecule has 5 aliphatic carbocycles. The molecule has 0 unspecified atom stereocenters. The van der Waals surface area contributed by atoms with Crippen molar-refractivity contribution in [2.75, 3.05) is 6.61 Å². The van der Waals surface area contributed by atoms with Gasteiger partial charge in [0, 0.05) is 27.7 Å². The molecule has 6 aliphatic rings. The fourth-order valence-electron chi connectivity index (χ4n) is 14.2. The van der Waals surface area contributed by atoms with E-state index in [1.165, 1.54) is 27.7 Å². The minimum atomic E-state index is -1.29. The highest BCUT2D eigenvalue weighted by Gasteiger charge is 2.72. The van der Waals surface area contributed by atoms with Crippen molar-refractivity contribution in [1.82, 2.24) is 0 Å². The third-order valence-corrected chi connectivity index (χ3v) is 16.7. The van der Waals surface area contributed by atoms with Crippen molar-refractivity contribution in [3.05, 3.63) is 12.2 Å². The first-order valence-corrected chi connectivity index (χ1v) is 20.9. The number of carboxylic acid groups (broad SMARTS) is 1. The lowest BCUT2D eigenvalue weighted by Crippen LogP contribution is -2.68. The molecular weight excluding hydrogens is 720 g/mol. The highest BCUT2D eigenvalue weighted by molar-refractivity contribution is 5.76. The molecule has 0 bridgehead atoms. The molecule has 314 valence electrons. The van der Waals surface area contributed by atoms with Crippen molar-refractivity contribution in [2.45, 2.75) is 170 Å². The molecular formula is C44H66O12. The number of carboxylic acids is 1. The molecule has 5 saturated carbocycles. The molecule has 56 heavy (non-hydrogen) atoms. The van der Waals surface area contributed by atoms with Gasteiger partial charge in [0.1, 0.15) is 12.7 Å². The fourth-order valence-corrected chi connectivity index (χ4v) is 14.2. The second kappa shape index (κ2) is 15.0. The van der Waals surface area contributed by atoms with E-state index < -0.39 is 66.0 Å². The van der Waals surface area contributed by atoms with Gasteiger partial charge in [-0.2, -0.15) is 0 Å². The van der Waals surface area contributed by atoms with Crippen molar-refractivity contribution >= 4 is 29.8 Å². The first-order valence-electron chi connectivity index (χ1n) is 20.9. The van der Waals surface area contributed by atoms with Gasteiger partial charge < -0.3 is 33.5 Å². The number of hydrogen-bond acceptors (Lipinski definition) is 11. The molecule has 0 amide bonds. The van der Waals surface area contributed by atoms with Gasteiger partial charge in [-0.05, 0) is 122 Å². The van der Waals surface area contributed by atoms with E-state index in [2.05, 4.69) is 48.1 Å². The highest BCUT2D eigenvalue weighted by atomic mass is 16.7. The number of allylic oxidation sites excluding steroid dienone is 1. The van der Waals surface area contributed by atoms with Gasteiger partial charge in [-0.1, -0.05) is 46.8 Å². The second-order valence-corrected chi connectivity index (χ2v) is 19.7. The number of esters is 4. The van der Waals surface area contributed by atoms with Gasteiger partial charge in [0.2, 0.25) is 0 Å². The Morgan fingerprint density at radius 1 is 0.679 bits per heavy atom. The summed E-state index contributed by atoms with van der Waals surface area (Å²) in [6.45, 7) is 23.1. The van der Waals surface area contributed by atoms with Crippen LogP contribution in [0, 0.1) is 56.7 Å². The van der Waals surface area contributed by atoms with Gasteiger partial charge in [0.25, 0.3) is 0 Å². The summed E-state index contributed by atoms with van der Waals surface area (Å²) >= 11 is 0. The number of carbonyl (C=O) groups excluding carboxylic acids is 4. The maximum Gasteiger partial charge on any atom is 0.309 e. The van der Waals surface area contributed by atoms with Crippen LogP contribution in [0.4, 0.5) is 0 Å². The maximum absolute atomic E-state index is 13.1. The van der Waals surface area contributed by atoms with Crippen LogP contribution in [-0.2, 0) is 52.4 Å². The van der Waals surface area contributed by atoms with E-state index in [1.54, 1.807) is 0 Å². The van der Waals surface area contributed by atoms with Crippen LogP contribution in [0.2, 0.25) is 0 Å². The van der Waals surface area contributed by atoms with E-state index in [0.717, 1.165) is 63.4 Å². The van der Waals surface area contributed by atoms with E-state index >= 15 is 0 Å². The second-order valence-electron chi connectivity index (χ2n) is 19.7. The number of rotatable bonds is 9. The van der Waals surface area contributed by atoms with Crippen molar-refractivity contribution in [1.29, 1.82) is 0 Å². The van der Waals surface area contributed by atoms with Gasteiger partial charge in [-0.3, -0.25) is 24.0 Å². The van der Waals surface area contributed by atoms with Crippen LogP contribution in [0.5, 0.6) is 0 Å². The number of fused-ring (bicyclic) bond motifs is 7. The highest BCUT2D eigenvalue weighted by Crippen LogP contribution is 2.77. The zero-order chi connectivity index (χ0) is 41.3. The molecule has 1 N–H and O–H groups in total. The summed E-state index contributed by atoms with van der Waals surface area (Å²) in [6.07, 6.45) is 2.53.